The van der Waals surface area contributed by atoms with Crippen LogP contribution in [-0.2, 0) is 13.5 Å². The van der Waals surface area contributed by atoms with E-state index in [1.54, 1.807) is 0 Å². The minimum Gasteiger partial charge on any atom is -0.331 e. The Labute approximate surface area is 108 Å². The van der Waals surface area contributed by atoms with Crippen molar-refractivity contribution in [3.05, 3.63) is 29.6 Å². The van der Waals surface area contributed by atoms with Gasteiger partial charge in [0, 0.05) is 19.5 Å². The number of nitrogens with zero attached hydrogens (tertiary/aromatic N) is 2. The van der Waals surface area contributed by atoms with Gasteiger partial charge >= 0.3 is 0 Å². The highest BCUT2D eigenvalue weighted by molar-refractivity contribution is 5.77. The Balaban J connectivity index is 2.00. The summed E-state index contributed by atoms with van der Waals surface area (Å²) in [4.78, 5) is 4.72. The molecule has 2 heterocycles. The van der Waals surface area contributed by atoms with E-state index in [9.17, 15) is 0 Å². The molecule has 1 aliphatic heterocycles. The van der Waals surface area contributed by atoms with Crippen molar-refractivity contribution in [3.8, 4) is 0 Å². The molecule has 0 radical (unpaired) electrons. The third-order valence-electron chi connectivity index (χ3n) is 4.03. The van der Waals surface area contributed by atoms with Gasteiger partial charge in [-0.2, -0.15) is 0 Å². The van der Waals surface area contributed by atoms with Gasteiger partial charge in [0.25, 0.3) is 0 Å². The number of aromatic nitrogens is 2. The summed E-state index contributed by atoms with van der Waals surface area (Å²) in [6, 6.07) is 7.26. The second kappa shape index (κ2) is 4.73. The summed E-state index contributed by atoms with van der Waals surface area (Å²) < 4.78 is 2.20. The molecule has 1 fully saturated rings. The van der Waals surface area contributed by atoms with Gasteiger partial charge in [-0.15, -0.1) is 0 Å². The lowest BCUT2D eigenvalue weighted by Gasteiger charge is -2.23. The van der Waals surface area contributed by atoms with Gasteiger partial charge in [0.1, 0.15) is 5.82 Å². The van der Waals surface area contributed by atoms with Gasteiger partial charge in [-0.05, 0) is 37.1 Å². The standard InChI is InChI=1S/C15H21N3/c1-3-15-17-13-10-11(7-8-14(13)18(15)2)12-6-4-5-9-16-12/h7-8,10,12,16H,3-6,9H2,1-2H3. The van der Waals surface area contributed by atoms with Crippen LogP contribution < -0.4 is 5.32 Å². The maximum Gasteiger partial charge on any atom is 0.109 e. The minimum absolute atomic E-state index is 0.523. The summed E-state index contributed by atoms with van der Waals surface area (Å²) in [7, 11) is 2.10. The molecule has 1 aromatic heterocycles. The van der Waals surface area contributed by atoms with E-state index in [4.69, 9.17) is 4.98 Å². The van der Waals surface area contributed by atoms with Gasteiger partial charge < -0.3 is 9.88 Å². The molecule has 1 unspecified atom stereocenters. The second-order valence-electron chi connectivity index (χ2n) is 5.19. The smallest absolute Gasteiger partial charge is 0.109 e. The fourth-order valence-electron chi connectivity index (χ4n) is 2.94. The molecular formula is C15H21N3. The fourth-order valence-corrected chi connectivity index (χ4v) is 2.94. The van der Waals surface area contributed by atoms with Crippen LogP contribution in [0, 0.1) is 0 Å². The first-order chi connectivity index (χ1) is 8.79. The third kappa shape index (κ3) is 1.93. The zero-order valence-electron chi connectivity index (χ0n) is 11.2. The quantitative estimate of drug-likeness (QED) is 0.879. The number of benzene rings is 1. The number of piperidine rings is 1. The van der Waals surface area contributed by atoms with Crippen LogP contribution in [0.3, 0.4) is 0 Å². The molecule has 0 bridgehead atoms. The first kappa shape index (κ1) is 11.7. The number of imidazole rings is 1. The summed E-state index contributed by atoms with van der Waals surface area (Å²) in [6.07, 6.45) is 4.88. The molecule has 1 aromatic carbocycles. The summed E-state index contributed by atoms with van der Waals surface area (Å²) >= 11 is 0. The van der Waals surface area contributed by atoms with E-state index < -0.39 is 0 Å². The first-order valence-electron chi connectivity index (χ1n) is 6.98. The molecule has 96 valence electrons. The van der Waals surface area contributed by atoms with E-state index >= 15 is 0 Å². The maximum atomic E-state index is 4.72. The van der Waals surface area contributed by atoms with E-state index in [-0.39, 0.29) is 0 Å². The van der Waals surface area contributed by atoms with Crippen molar-refractivity contribution in [3.63, 3.8) is 0 Å². The molecule has 3 rings (SSSR count). The lowest BCUT2D eigenvalue weighted by molar-refractivity contribution is 0.412. The van der Waals surface area contributed by atoms with E-state index in [0.717, 1.165) is 18.5 Å². The average Bonchev–Trinajstić information content (AvgIpc) is 2.76. The van der Waals surface area contributed by atoms with Crippen molar-refractivity contribution in [2.24, 2.45) is 7.05 Å². The van der Waals surface area contributed by atoms with Crippen molar-refractivity contribution in [1.29, 1.82) is 0 Å². The number of rotatable bonds is 2. The number of hydrogen-bond donors (Lipinski definition) is 1. The molecular weight excluding hydrogens is 222 g/mol. The maximum absolute atomic E-state index is 4.72. The van der Waals surface area contributed by atoms with Crippen LogP contribution in [0.1, 0.15) is 43.6 Å². The minimum atomic E-state index is 0.523. The van der Waals surface area contributed by atoms with E-state index in [1.165, 1.54) is 36.2 Å². The van der Waals surface area contributed by atoms with Gasteiger partial charge in [-0.25, -0.2) is 4.98 Å². The van der Waals surface area contributed by atoms with Crippen LogP contribution in [0.15, 0.2) is 18.2 Å². The third-order valence-corrected chi connectivity index (χ3v) is 4.03. The topological polar surface area (TPSA) is 29.9 Å². The Kier molecular flexibility index (Phi) is 3.08. The molecule has 18 heavy (non-hydrogen) atoms. The molecule has 1 atom stereocenters. The van der Waals surface area contributed by atoms with Crippen molar-refractivity contribution in [2.75, 3.05) is 6.54 Å². The predicted molar refractivity (Wildman–Crippen MR) is 74.7 cm³/mol. The molecule has 3 nitrogen and oxygen atoms in total. The summed E-state index contributed by atoms with van der Waals surface area (Å²) in [5.41, 5.74) is 3.77. The normalized spacial score (nSPS) is 20.4. The second-order valence-corrected chi connectivity index (χ2v) is 5.19. The van der Waals surface area contributed by atoms with E-state index in [1.807, 2.05) is 0 Å². The van der Waals surface area contributed by atoms with Crippen LogP contribution in [0.25, 0.3) is 11.0 Å². The monoisotopic (exact) mass is 243 g/mol. The van der Waals surface area contributed by atoms with Crippen molar-refractivity contribution in [2.45, 2.75) is 38.6 Å². The Morgan fingerprint density at radius 3 is 3.00 bits per heavy atom. The van der Waals surface area contributed by atoms with Crippen molar-refractivity contribution >= 4 is 11.0 Å². The largest absolute Gasteiger partial charge is 0.331 e. The summed E-state index contributed by atoms with van der Waals surface area (Å²) in [6.45, 7) is 3.30. The zero-order valence-corrected chi connectivity index (χ0v) is 11.2. The number of aryl methyl sites for hydroxylation is 2. The fraction of sp³-hybridized carbons (Fsp3) is 0.533. The Hall–Kier alpha value is -1.35. The molecule has 2 aromatic rings. The highest BCUT2D eigenvalue weighted by atomic mass is 15.1. The SMILES string of the molecule is CCc1nc2cc(C3CCCCN3)ccc2n1C. The Bertz CT molecular complexity index is 550. The van der Waals surface area contributed by atoms with Gasteiger partial charge in [0.05, 0.1) is 11.0 Å². The number of fused-ring (bicyclic) bond motifs is 1. The molecule has 0 aliphatic carbocycles. The molecule has 0 spiro atoms. The zero-order chi connectivity index (χ0) is 12.5. The van der Waals surface area contributed by atoms with Gasteiger partial charge in [-0.1, -0.05) is 19.4 Å². The lowest BCUT2D eigenvalue weighted by Crippen LogP contribution is -2.26. The van der Waals surface area contributed by atoms with E-state index in [2.05, 4.69) is 42.1 Å². The summed E-state index contributed by atoms with van der Waals surface area (Å²) in [5, 5.41) is 3.60. The van der Waals surface area contributed by atoms with Gasteiger partial charge in [-0.3, -0.25) is 0 Å². The van der Waals surface area contributed by atoms with Crippen LogP contribution >= 0.6 is 0 Å². The highest BCUT2D eigenvalue weighted by Gasteiger charge is 2.16. The lowest BCUT2D eigenvalue weighted by atomic mass is 9.97. The first-order valence-corrected chi connectivity index (χ1v) is 6.98. The van der Waals surface area contributed by atoms with Crippen molar-refractivity contribution < 1.29 is 0 Å². The van der Waals surface area contributed by atoms with Crippen molar-refractivity contribution in [1.82, 2.24) is 14.9 Å². The molecule has 0 amide bonds. The van der Waals surface area contributed by atoms with Crippen LogP contribution in [0.4, 0.5) is 0 Å². The highest BCUT2D eigenvalue weighted by Crippen LogP contribution is 2.26. The Morgan fingerprint density at radius 2 is 2.28 bits per heavy atom. The molecule has 0 saturated carbocycles. The van der Waals surface area contributed by atoms with Crippen LogP contribution in [0.2, 0.25) is 0 Å². The van der Waals surface area contributed by atoms with Gasteiger partial charge in [0.15, 0.2) is 0 Å². The predicted octanol–water partition coefficient (Wildman–Crippen LogP) is 2.95. The van der Waals surface area contributed by atoms with E-state index in [0.29, 0.717) is 6.04 Å². The number of nitrogens with one attached hydrogen (secondary N) is 1. The van der Waals surface area contributed by atoms with Crippen LogP contribution in [0.5, 0.6) is 0 Å². The average molecular weight is 243 g/mol. The molecule has 3 heteroatoms. The van der Waals surface area contributed by atoms with Crippen LogP contribution in [-0.4, -0.2) is 16.1 Å². The molecule has 1 saturated heterocycles. The molecule has 1 N–H and O–H groups in total. The molecule has 1 aliphatic rings. The summed E-state index contributed by atoms with van der Waals surface area (Å²) in [5.74, 6) is 1.17. The Morgan fingerprint density at radius 1 is 1.39 bits per heavy atom. The number of hydrogen-bond acceptors (Lipinski definition) is 2. The van der Waals surface area contributed by atoms with Gasteiger partial charge in [0.2, 0.25) is 0 Å².